The van der Waals surface area contributed by atoms with Gasteiger partial charge in [0.25, 0.3) is 11.5 Å². The summed E-state index contributed by atoms with van der Waals surface area (Å²) in [6, 6.07) is 19.6. The molecular formula is C31H31N5O6. The average molecular weight is 570 g/mol. The highest BCUT2D eigenvalue weighted by Gasteiger charge is 2.19. The SMILES string of the molecule is Cc1ccc(-n2ncc(Oc3ccc4c(c3)OCO4)c(Nc3ccc(C(=O)NCCN4CCOCC4)cc3)c2=O)cc1. The number of anilines is 2. The van der Waals surface area contributed by atoms with Crippen molar-refractivity contribution < 1.29 is 23.7 Å². The molecule has 0 atom stereocenters. The van der Waals surface area contributed by atoms with Crippen LogP contribution < -0.4 is 30.4 Å². The highest BCUT2D eigenvalue weighted by atomic mass is 16.7. The Labute approximate surface area is 242 Å². The van der Waals surface area contributed by atoms with Crippen LogP contribution in [0.3, 0.4) is 0 Å². The van der Waals surface area contributed by atoms with Crippen molar-refractivity contribution in [1.82, 2.24) is 20.0 Å². The van der Waals surface area contributed by atoms with Crippen LogP contribution in [0.4, 0.5) is 11.4 Å². The van der Waals surface area contributed by atoms with Gasteiger partial charge in [0.1, 0.15) is 5.75 Å². The Balaban J connectivity index is 1.22. The van der Waals surface area contributed by atoms with E-state index in [4.69, 9.17) is 18.9 Å². The summed E-state index contributed by atoms with van der Waals surface area (Å²) in [6.45, 7) is 6.63. The van der Waals surface area contributed by atoms with Crippen LogP contribution in [0.2, 0.25) is 0 Å². The van der Waals surface area contributed by atoms with Crippen molar-refractivity contribution in [3.63, 3.8) is 0 Å². The van der Waals surface area contributed by atoms with Gasteiger partial charge in [0, 0.05) is 43.5 Å². The quantitative estimate of drug-likeness (QED) is 0.310. The first-order valence-electron chi connectivity index (χ1n) is 13.8. The molecule has 11 heteroatoms. The Bertz CT molecular complexity index is 1610. The van der Waals surface area contributed by atoms with Gasteiger partial charge in [-0.2, -0.15) is 9.78 Å². The summed E-state index contributed by atoms with van der Waals surface area (Å²) in [5.74, 6) is 1.71. The molecule has 6 rings (SSSR count). The molecule has 11 nitrogen and oxygen atoms in total. The number of amides is 1. The van der Waals surface area contributed by atoms with Crippen LogP contribution in [0.1, 0.15) is 15.9 Å². The lowest BCUT2D eigenvalue weighted by Crippen LogP contribution is -2.41. The second-order valence-electron chi connectivity index (χ2n) is 9.97. The number of morpholine rings is 1. The van der Waals surface area contributed by atoms with Crippen molar-refractivity contribution >= 4 is 17.3 Å². The number of hydrogen-bond donors (Lipinski definition) is 2. The Kier molecular flexibility index (Phi) is 8.02. The highest BCUT2D eigenvalue weighted by Crippen LogP contribution is 2.37. The molecule has 0 bridgehead atoms. The number of nitrogens with one attached hydrogen (secondary N) is 2. The minimum Gasteiger partial charge on any atom is -0.454 e. The number of fused-ring (bicyclic) bond motifs is 1. The summed E-state index contributed by atoms with van der Waals surface area (Å²) in [5.41, 5.74) is 2.60. The Morgan fingerprint density at radius 2 is 1.74 bits per heavy atom. The third-order valence-electron chi connectivity index (χ3n) is 7.03. The van der Waals surface area contributed by atoms with E-state index in [1.165, 1.54) is 10.9 Å². The lowest BCUT2D eigenvalue weighted by atomic mass is 10.2. The molecule has 1 saturated heterocycles. The predicted molar refractivity (Wildman–Crippen MR) is 157 cm³/mol. The van der Waals surface area contributed by atoms with E-state index in [2.05, 4.69) is 20.6 Å². The number of hydrogen-bond acceptors (Lipinski definition) is 9. The first-order chi connectivity index (χ1) is 20.5. The van der Waals surface area contributed by atoms with E-state index in [0.717, 1.165) is 38.4 Å². The number of aromatic nitrogens is 2. The smallest absolute Gasteiger partial charge is 0.299 e. The first-order valence-corrected chi connectivity index (χ1v) is 13.8. The Morgan fingerprint density at radius 1 is 0.976 bits per heavy atom. The normalized spacial score (nSPS) is 14.4. The predicted octanol–water partition coefficient (Wildman–Crippen LogP) is 3.87. The molecule has 2 aliphatic rings. The lowest BCUT2D eigenvalue weighted by molar-refractivity contribution is 0.0383. The number of ether oxygens (including phenoxy) is 4. The van der Waals surface area contributed by atoms with Gasteiger partial charge in [-0.05, 0) is 55.5 Å². The van der Waals surface area contributed by atoms with Gasteiger partial charge in [0.05, 0.1) is 25.1 Å². The fourth-order valence-corrected chi connectivity index (χ4v) is 4.67. The maximum absolute atomic E-state index is 13.7. The van der Waals surface area contributed by atoms with Gasteiger partial charge in [-0.3, -0.25) is 14.5 Å². The maximum atomic E-state index is 13.7. The zero-order valence-corrected chi connectivity index (χ0v) is 23.2. The monoisotopic (exact) mass is 569 g/mol. The standard InChI is InChI=1S/C31H31N5O6/c1-21-2-8-24(9-3-21)36-31(38)29(28(19-33-36)42-25-10-11-26-27(18-25)41-20-40-26)34-23-6-4-22(5-7-23)30(37)32-12-13-35-14-16-39-17-15-35/h2-11,18-19,34H,12-17,20H2,1H3,(H,32,37). The molecule has 4 aromatic rings. The third-order valence-corrected chi connectivity index (χ3v) is 7.03. The number of carbonyl (C=O) groups excluding carboxylic acids is 1. The zero-order chi connectivity index (χ0) is 28.9. The Morgan fingerprint density at radius 3 is 2.52 bits per heavy atom. The van der Waals surface area contributed by atoms with Gasteiger partial charge < -0.3 is 29.6 Å². The van der Waals surface area contributed by atoms with Crippen molar-refractivity contribution in [3.05, 3.63) is 94.4 Å². The zero-order valence-electron chi connectivity index (χ0n) is 23.2. The number of aryl methyl sites for hydroxylation is 1. The lowest BCUT2D eigenvalue weighted by Gasteiger charge is -2.26. The van der Waals surface area contributed by atoms with Crippen molar-refractivity contribution in [1.29, 1.82) is 0 Å². The van der Waals surface area contributed by atoms with Crippen molar-refractivity contribution in [2.24, 2.45) is 0 Å². The van der Waals surface area contributed by atoms with Crippen LogP contribution >= 0.6 is 0 Å². The summed E-state index contributed by atoms with van der Waals surface area (Å²) in [6.07, 6.45) is 1.49. The second kappa shape index (κ2) is 12.3. The molecule has 216 valence electrons. The van der Waals surface area contributed by atoms with Crippen LogP contribution in [-0.4, -0.2) is 66.8 Å². The van der Waals surface area contributed by atoms with Gasteiger partial charge in [0.2, 0.25) is 6.79 Å². The molecule has 0 spiro atoms. The topological polar surface area (TPSA) is 116 Å². The van der Waals surface area contributed by atoms with E-state index in [0.29, 0.717) is 40.7 Å². The van der Waals surface area contributed by atoms with Crippen molar-refractivity contribution in [3.8, 4) is 28.7 Å². The molecule has 2 aliphatic heterocycles. The molecule has 0 saturated carbocycles. The van der Waals surface area contributed by atoms with E-state index in [-0.39, 0.29) is 24.1 Å². The molecule has 0 aliphatic carbocycles. The van der Waals surface area contributed by atoms with Crippen LogP contribution in [0.25, 0.3) is 5.69 Å². The molecule has 1 aromatic heterocycles. The van der Waals surface area contributed by atoms with Crippen LogP contribution in [-0.2, 0) is 4.74 Å². The van der Waals surface area contributed by atoms with Gasteiger partial charge in [-0.25, -0.2) is 0 Å². The first kappa shape index (κ1) is 27.3. The molecular weight excluding hydrogens is 538 g/mol. The molecule has 3 heterocycles. The van der Waals surface area contributed by atoms with Gasteiger partial charge in [-0.1, -0.05) is 17.7 Å². The van der Waals surface area contributed by atoms with Gasteiger partial charge in [0.15, 0.2) is 22.9 Å². The van der Waals surface area contributed by atoms with Crippen LogP contribution in [0.15, 0.2) is 77.7 Å². The molecule has 0 unspecified atom stereocenters. The average Bonchev–Trinajstić information content (AvgIpc) is 3.49. The molecule has 1 fully saturated rings. The fourth-order valence-electron chi connectivity index (χ4n) is 4.67. The second-order valence-corrected chi connectivity index (χ2v) is 9.97. The summed E-state index contributed by atoms with van der Waals surface area (Å²) in [5, 5.41) is 10.5. The molecule has 0 radical (unpaired) electrons. The van der Waals surface area contributed by atoms with E-state index in [9.17, 15) is 9.59 Å². The van der Waals surface area contributed by atoms with Crippen molar-refractivity contribution in [2.45, 2.75) is 6.92 Å². The van der Waals surface area contributed by atoms with Gasteiger partial charge in [-0.15, -0.1) is 0 Å². The number of rotatable bonds is 9. The number of benzene rings is 3. The number of carbonyl (C=O) groups is 1. The molecule has 1 amide bonds. The minimum atomic E-state index is -0.401. The third kappa shape index (κ3) is 6.22. The molecule has 3 aromatic carbocycles. The van der Waals surface area contributed by atoms with E-state index in [1.807, 2.05) is 31.2 Å². The van der Waals surface area contributed by atoms with Crippen LogP contribution in [0.5, 0.6) is 23.0 Å². The van der Waals surface area contributed by atoms with E-state index in [1.54, 1.807) is 42.5 Å². The fraction of sp³-hybridized carbons (Fsp3) is 0.258. The minimum absolute atomic E-state index is 0.141. The number of nitrogens with zero attached hydrogens (tertiary/aromatic N) is 3. The highest BCUT2D eigenvalue weighted by molar-refractivity contribution is 5.94. The summed E-state index contributed by atoms with van der Waals surface area (Å²) >= 11 is 0. The summed E-state index contributed by atoms with van der Waals surface area (Å²) in [7, 11) is 0. The summed E-state index contributed by atoms with van der Waals surface area (Å²) < 4.78 is 23.6. The van der Waals surface area contributed by atoms with E-state index < -0.39 is 5.56 Å². The van der Waals surface area contributed by atoms with E-state index >= 15 is 0 Å². The van der Waals surface area contributed by atoms with Gasteiger partial charge >= 0.3 is 0 Å². The molecule has 42 heavy (non-hydrogen) atoms. The van der Waals surface area contributed by atoms with Crippen LogP contribution in [0, 0.1) is 6.92 Å². The summed E-state index contributed by atoms with van der Waals surface area (Å²) in [4.78, 5) is 28.7. The van der Waals surface area contributed by atoms with Crippen molar-refractivity contribution in [2.75, 3.05) is 51.5 Å². The molecule has 2 N–H and O–H groups in total. The largest absolute Gasteiger partial charge is 0.454 e. The Hall–Kier alpha value is -4.87. The maximum Gasteiger partial charge on any atom is 0.299 e.